The van der Waals surface area contributed by atoms with E-state index in [-0.39, 0.29) is 0 Å². The molecule has 2 aliphatic heterocycles. The second kappa shape index (κ2) is 9.35. The van der Waals surface area contributed by atoms with Crippen molar-refractivity contribution < 1.29 is 0 Å². The molecule has 27 heavy (non-hydrogen) atoms. The van der Waals surface area contributed by atoms with Gasteiger partial charge in [0.05, 0.1) is 0 Å². The number of thiocarbonyl (C=S) groups is 1. The van der Waals surface area contributed by atoms with Gasteiger partial charge in [0.2, 0.25) is 5.95 Å². The van der Waals surface area contributed by atoms with Gasteiger partial charge in [0, 0.05) is 38.8 Å². The van der Waals surface area contributed by atoms with E-state index in [9.17, 15) is 0 Å². The summed E-state index contributed by atoms with van der Waals surface area (Å²) in [6.45, 7) is 13.2. The van der Waals surface area contributed by atoms with Crippen molar-refractivity contribution in [2.75, 3.05) is 47.8 Å². The van der Waals surface area contributed by atoms with Crippen LogP contribution in [-0.4, -0.2) is 47.8 Å². The van der Waals surface area contributed by atoms with E-state index in [2.05, 4.69) is 46.9 Å². The number of piperidine rings is 2. The maximum absolute atomic E-state index is 5.36. The maximum Gasteiger partial charge on any atom is 0.232 e. The van der Waals surface area contributed by atoms with Gasteiger partial charge < -0.3 is 20.4 Å². The number of hydrogen-bond donors (Lipinski definition) is 2. The SMILES string of the molecule is C=CCNC(=S)Nc1nc(N2CCCCC2)cc(N2CC(C)CC(C)C2)n1. The molecular weight excluding hydrogens is 356 g/mol. The Balaban J connectivity index is 1.85. The predicted molar refractivity (Wildman–Crippen MR) is 118 cm³/mol. The average Bonchev–Trinajstić information content (AvgIpc) is 2.66. The molecule has 0 saturated carbocycles. The van der Waals surface area contributed by atoms with E-state index in [1.807, 2.05) is 0 Å². The summed E-state index contributed by atoms with van der Waals surface area (Å²) in [6.07, 6.45) is 6.80. The number of hydrogen-bond acceptors (Lipinski definition) is 5. The van der Waals surface area contributed by atoms with Gasteiger partial charge in [0.1, 0.15) is 11.6 Å². The predicted octanol–water partition coefficient (Wildman–Crippen LogP) is 3.42. The van der Waals surface area contributed by atoms with E-state index in [1.54, 1.807) is 6.08 Å². The molecule has 0 aromatic carbocycles. The summed E-state index contributed by atoms with van der Waals surface area (Å²) in [5, 5.41) is 6.77. The van der Waals surface area contributed by atoms with E-state index in [1.165, 1.54) is 25.7 Å². The summed E-state index contributed by atoms with van der Waals surface area (Å²) in [7, 11) is 0. The van der Waals surface area contributed by atoms with Gasteiger partial charge in [-0.3, -0.25) is 0 Å². The molecule has 0 spiro atoms. The van der Waals surface area contributed by atoms with Crippen molar-refractivity contribution in [2.24, 2.45) is 11.8 Å². The van der Waals surface area contributed by atoms with Gasteiger partial charge in [-0.2, -0.15) is 9.97 Å². The molecule has 2 unspecified atom stereocenters. The monoisotopic (exact) mass is 388 g/mol. The minimum atomic E-state index is 0.525. The van der Waals surface area contributed by atoms with Crippen LogP contribution in [0.15, 0.2) is 18.7 Å². The van der Waals surface area contributed by atoms with Gasteiger partial charge in [0.15, 0.2) is 5.11 Å². The third-order valence-corrected chi connectivity index (χ3v) is 5.45. The third-order valence-electron chi connectivity index (χ3n) is 5.20. The van der Waals surface area contributed by atoms with Gasteiger partial charge >= 0.3 is 0 Å². The average molecular weight is 389 g/mol. The molecule has 2 atom stereocenters. The van der Waals surface area contributed by atoms with Crippen molar-refractivity contribution in [1.82, 2.24) is 15.3 Å². The lowest BCUT2D eigenvalue weighted by Gasteiger charge is -2.36. The molecule has 2 fully saturated rings. The summed E-state index contributed by atoms with van der Waals surface area (Å²) in [5.74, 6) is 3.92. The highest BCUT2D eigenvalue weighted by molar-refractivity contribution is 7.80. The summed E-state index contributed by atoms with van der Waals surface area (Å²) in [5.41, 5.74) is 0. The molecule has 2 aliphatic rings. The zero-order valence-corrected chi connectivity index (χ0v) is 17.4. The molecule has 2 saturated heterocycles. The van der Waals surface area contributed by atoms with E-state index in [4.69, 9.17) is 22.2 Å². The molecule has 3 heterocycles. The summed E-state index contributed by atoms with van der Waals surface area (Å²) in [6, 6.07) is 2.15. The second-order valence-corrected chi connectivity index (χ2v) is 8.34. The lowest BCUT2D eigenvalue weighted by atomic mass is 9.92. The van der Waals surface area contributed by atoms with E-state index >= 15 is 0 Å². The van der Waals surface area contributed by atoms with Crippen molar-refractivity contribution >= 4 is 34.9 Å². The number of aromatic nitrogens is 2. The quantitative estimate of drug-likeness (QED) is 0.592. The van der Waals surface area contributed by atoms with Crippen LogP contribution in [0.1, 0.15) is 39.5 Å². The van der Waals surface area contributed by atoms with E-state index < -0.39 is 0 Å². The highest BCUT2D eigenvalue weighted by Crippen LogP contribution is 2.29. The molecule has 0 aliphatic carbocycles. The topological polar surface area (TPSA) is 56.3 Å². The number of nitrogens with one attached hydrogen (secondary N) is 2. The Morgan fingerprint density at radius 3 is 2.41 bits per heavy atom. The zero-order valence-electron chi connectivity index (χ0n) is 16.6. The van der Waals surface area contributed by atoms with E-state index in [0.29, 0.717) is 29.4 Å². The van der Waals surface area contributed by atoms with Crippen LogP contribution in [0.4, 0.5) is 17.6 Å². The molecule has 148 valence electrons. The first kappa shape index (κ1) is 19.9. The Bertz CT molecular complexity index is 648. The highest BCUT2D eigenvalue weighted by Gasteiger charge is 2.24. The first-order chi connectivity index (χ1) is 13.0. The van der Waals surface area contributed by atoms with Gasteiger partial charge in [0.25, 0.3) is 0 Å². The molecular formula is C20H32N6S. The summed E-state index contributed by atoms with van der Waals surface area (Å²) < 4.78 is 0. The molecule has 1 aromatic rings. The van der Waals surface area contributed by atoms with Crippen LogP contribution in [0.3, 0.4) is 0 Å². The van der Waals surface area contributed by atoms with Crippen molar-refractivity contribution in [3.05, 3.63) is 18.7 Å². The van der Waals surface area contributed by atoms with Crippen molar-refractivity contribution in [2.45, 2.75) is 39.5 Å². The number of anilines is 3. The molecule has 1 aromatic heterocycles. The zero-order chi connectivity index (χ0) is 19.2. The van der Waals surface area contributed by atoms with E-state index in [0.717, 1.165) is 37.8 Å². The Morgan fingerprint density at radius 2 is 1.78 bits per heavy atom. The van der Waals surface area contributed by atoms with Crippen molar-refractivity contribution in [3.8, 4) is 0 Å². The minimum Gasteiger partial charge on any atom is -0.359 e. The van der Waals surface area contributed by atoms with Crippen molar-refractivity contribution in [1.29, 1.82) is 0 Å². The molecule has 0 bridgehead atoms. The van der Waals surface area contributed by atoms with Crippen LogP contribution in [0.5, 0.6) is 0 Å². The van der Waals surface area contributed by atoms with Crippen molar-refractivity contribution in [3.63, 3.8) is 0 Å². The Labute approximate surface area is 168 Å². The molecule has 7 heteroatoms. The van der Waals surface area contributed by atoms with Gasteiger partial charge in [-0.25, -0.2) is 0 Å². The number of nitrogens with zero attached hydrogens (tertiary/aromatic N) is 4. The largest absolute Gasteiger partial charge is 0.359 e. The fraction of sp³-hybridized carbons (Fsp3) is 0.650. The fourth-order valence-electron chi connectivity index (χ4n) is 4.09. The van der Waals surface area contributed by atoms with Crippen LogP contribution in [0, 0.1) is 11.8 Å². The third kappa shape index (κ3) is 5.54. The standard InChI is InChI=1S/C20H32N6S/c1-4-8-21-20(27)24-19-22-17(25-9-6-5-7-10-25)12-18(23-19)26-13-15(2)11-16(3)14-26/h4,12,15-16H,1,5-11,13-14H2,2-3H3,(H2,21,22,23,24,27). The Kier molecular flexibility index (Phi) is 6.88. The molecule has 2 N–H and O–H groups in total. The first-order valence-corrected chi connectivity index (χ1v) is 10.5. The summed E-state index contributed by atoms with van der Waals surface area (Å²) >= 11 is 5.36. The van der Waals surface area contributed by atoms with Crippen LogP contribution in [0.2, 0.25) is 0 Å². The van der Waals surface area contributed by atoms with Crippen LogP contribution < -0.4 is 20.4 Å². The molecule has 6 nitrogen and oxygen atoms in total. The van der Waals surface area contributed by atoms with Gasteiger partial charge in [-0.1, -0.05) is 19.9 Å². The lowest BCUT2D eigenvalue weighted by Crippen LogP contribution is -2.40. The second-order valence-electron chi connectivity index (χ2n) is 7.93. The number of rotatable bonds is 5. The minimum absolute atomic E-state index is 0.525. The van der Waals surface area contributed by atoms with Crippen LogP contribution in [0.25, 0.3) is 0 Å². The molecule has 0 radical (unpaired) electrons. The lowest BCUT2D eigenvalue weighted by molar-refractivity contribution is 0.355. The fourth-order valence-corrected chi connectivity index (χ4v) is 4.26. The van der Waals surface area contributed by atoms with Gasteiger partial charge in [-0.15, -0.1) is 6.58 Å². The smallest absolute Gasteiger partial charge is 0.232 e. The Hall–Kier alpha value is -1.89. The van der Waals surface area contributed by atoms with Crippen LogP contribution >= 0.6 is 12.2 Å². The first-order valence-electron chi connectivity index (χ1n) is 10.1. The Morgan fingerprint density at radius 1 is 1.15 bits per heavy atom. The summed E-state index contributed by atoms with van der Waals surface area (Å²) in [4.78, 5) is 14.3. The van der Waals surface area contributed by atoms with Crippen LogP contribution in [-0.2, 0) is 0 Å². The highest BCUT2D eigenvalue weighted by atomic mass is 32.1. The maximum atomic E-state index is 5.36. The molecule has 3 rings (SSSR count). The molecule has 0 amide bonds. The van der Waals surface area contributed by atoms with Gasteiger partial charge in [-0.05, 0) is 49.7 Å². The normalized spacial score (nSPS) is 23.0.